The molecule has 35 heavy (non-hydrogen) atoms. The van der Waals surface area contributed by atoms with Crippen LogP contribution in [-0.2, 0) is 6.54 Å². The molecular weight excluding hydrogens is 464 g/mol. The van der Waals surface area contributed by atoms with Crippen LogP contribution in [0.4, 0.5) is 17.3 Å². The maximum absolute atomic E-state index is 12.9. The molecule has 4 N–H and O–H groups in total. The van der Waals surface area contributed by atoms with Crippen molar-refractivity contribution in [3.63, 3.8) is 0 Å². The summed E-state index contributed by atoms with van der Waals surface area (Å²) in [6.07, 6.45) is 0. The Morgan fingerprint density at radius 2 is 1.83 bits per heavy atom. The fourth-order valence-corrected chi connectivity index (χ4v) is 4.50. The van der Waals surface area contributed by atoms with Gasteiger partial charge in [0.2, 0.25) is 5.82 Å². The van der Waals surface area contributed by atoms with E-state index in [-0.39, 0.29) is 11.6 Å². The second kappa shape index (κ2) is 9.43. The molecule has 0 spiro atoms. The minimum absolute atomic E-state index is 0.00615. The molecule has 5 rings (SSSR count). The zero-order valence-electron chi connectivity index (χ0n) is 19.0. The fraction of sp³-hybridized carbons (Fsp3) is 0.120. The molecule has 0 radical (unpaired) electrons. The largest absolute Gasteiger partial charge is 0.493 e. The molecule has 3 heterocycles. The Kier molecular flexibility index (Phi) is 6.02. The van der Waals surface area contributed by atoms with Gasteiger partial charge in [0, 0.05) is 17.1 Å². The number of ether oxygens (including phenoxy) is 2. The monoisotopic (exact) mass is 486 g/mol. The zero-order valence-corrected chi connectivity index (χ0v) is 19.8. The van der Waals surface area contributed by atoms with Crippen molar-refractivity contribution < 1.29 is 14.3 Å². The first-order valence-electron chi connectivity index (χ1n) is 10.7. The molecule has 5 aromatic rings. The third kappa shape index (κ3) is 4.51. The topological polar surface area (TPSA) is 124 Å². The van der Waals surface area contributed by atoms with Crippen LogP contribution < -0.4 is 25.8 Å². The molecule has 0 unspecified atom stereocenters. The number of carbonyl (C=O) groups excluding carboxylic acids is 1. The normalized spacial score (nSPS) is 10.9. The number of hydrogen-bond donors (Lipinski definition) is 3. The number of nitrogens with zero attached hydrogens (tertiary/aromatic N) is 3. The number of rotatable bonds is 7. The second-order valence-electron chi connectivity index (χ2n) is 7.62. The highest BCUT2D eigenvalue weighted by atomic mass is 32.1. The van der Waals surface area contributed by atoms with Gasteiger partial charge in [0.05, 0.1) is 36.7 Å². The number of fused-ring (bicyclic) bond motifs is 2. The lowest BCUT2D eigenvalue weighted by Gasteiger charge is -2.13. The Morgan fingerprint density at radius 1 is 1.00 bits per heavy atom. The SMILES string of the molecule is COc1ccc(NCc2nc(NC(=O)c3nc(N)c4sccc4n3)cc3ccccc23)cc1OC. The van der Waals surface area contributed by atoms with Crippen LogP contribution in [0.1, 0.15) is 16.3 Å². The molecule has 0 saturated carbocycles. The summed E-state index contributed by atoms with van der Waals surface area (Å²) in [6.45, 7) is 0.421. The van der Waals surface area contributed by atoms with E-state index >= 15 is 0 Å². The standard InChI is InChI=1S/C25H22N6O3S/c1-33-19-8-7-15(12-20(19)34-2)27-13-18-16-6-4-3-5-14(16)11-21(28-18)30-25(32)24-29-17-9-10-35-22(17)23(26)31-24/h3-12,27H,13H2,1-2H3,(H2,26,29,31)(H,28,30,32). The van der Waals surface area contributed by atoms with E-state index in [9.17, 15) is 4.79 Å². The van der Waals surface area contributed by atoms with Crippen LogP contribution in [0.2, 0.25) is 0 Å². The average molecular weight is 487 g/mol. The average Bonchev–Trinajstić information content (AvgIpc) is 3.36. The number of pyridine rings is 1. The van der Waals surface area contributed by atoms with Crippen LogP contribution in [-0.4, -0.2) is 35.1 Å². The van der Waals surface area contributed by atoms with Crippen molar-refractivity contribution in [2.24, 2.45) is 0 Å². The summed E-state index contributed by atoms with van der Waals surface area (Å²) in [7, 11) is 3.19. The number of carbonyl (C=O) groups is 1. The molecule has 0 saturated heterocycles. The molecule has 9 nitrogen and oxygen atoms in total. The molecule has 176 valence electrons. The maximum atomic E-state index is 12.9. The van der Waals surface area contributed by atoms with Crippen LogP contribution in [0.3, 0.4) is 0 Å². The number of nitrogens with one attached hydrogen (secondary N) is 2. The van der Waals surface area contributed by atoms with E-state index in [2.05, 4.69) is 20.6 Å². The van der Waals surface area contributed by atoms with E-state index in [0.717, 1.165) is 26.9 Å². The highest BCUT2D eigenvalue weighted by molar-refractivity contribution is 7.17. The summed E-state index contributed by atoms with van der Waals surface area (Å²) in [5.41, 5.74) is 8.25. The zero-order chi connectivity index (χ0) is 24.4. The second-order valence-corrected chi connectivity index (χ2v) is 8.54. The van der Waals surface area contributed by atoms with Gasteiger partial charge in [-0.15, -0.1) is 11.3 Å². The smallest absolute Gasteiger partial charge is 0.294 e. The Balaban J connectivity index is 1.42. The van der Waals surface area contributed by atoms with Crippen molar-refractivity contribution in [1.29, 1.82) is 0 Å². The summed E-state index contributed by atoms with van der Waals surface area (Å²) in [6, 6.07) is 17.1. The summed E-state index contributed by atoms with van der Waals surface area (Å²) in [4.78, 5) is 26.1. The lowest BCUT2D eigenvalue weighted by atomic mass is 10.1. The predicted molar refractivity (Wildman–Crippen MR) is 138 cm³/mol. The Bertz CT molecular complexity index is 1550. The summed E-state index contributed by atoms with van der Waals surface area (Å²) >= 11 is 1.43. The van der Waals surface area contributed by atoms with E-state index in [1.807, 2.05) is 53.9 Å². The van der Waals surface area contributed by atoms with Gasteiger partial charge in [-0.3, -0.25) is 4.79 Å². The summed E-state index contributed by atoms with van der Waals surface area (Å²) < 4.78 is 11.4. The van der Waals surface area contributed by atoms with Gasteiger partial charge >= 0.3 is 0 Å². The number of methoxy groups -OCH3 is 2. The van der Waals surface area contributed by atoms with Gasteiger partial charge in [0.25, 0.3) is 5.91 Å². The number of nitrogens with two attached hydrogens (primary N) is 1. The highest BCUT2D eigenvalue weighted by Gasteiger charge is 2.16. The molecule has 0 atom stereocenters. The quantitative estimate of drug-likeness (QED) is 0.302. The first kappa shape index (κ1) is 22.4. The van der Waals surface area contributed by atoms with Crippen LogP contribution >= 0.6 is 11.3 Å². The van der Waals surface area contributed by atoms with Gasteiger partial charge in [0.15, 0.2) is 11.5 Å². The molecule has 0 fully saturated rings. The van der Waals surface area contributed by atoms with E-state index in [4.69, 9.17) is 20.2 Å². The van der Waals surface area contributed by atoms with Gasteiger partial charge in [-0.2, -0.15) is 0 Å². The molecule has 0 aliphatic rings. The Hall–Kier alpha value is -4.44. The van der Waals surface area contributed by atoms with Crippen LogP contribution in [0.5, 0.6) is 11.5 Å². The number of benzene rings is 2. The molecule has 0 aliphatic heterocycles. The van der Waals surface area contributed by atoms with Gasteiger partial charge in [-0.25, -0.2) is 15.0 Å². The third-order valence-corrected chi connectivity index (χ3v) is 6.36. The van der Waals surface area contributed by atoms with Gasteiger partial charge in [0.1, 0.15) is 11.6 Å². The molecule has 1 amide bonds. The van der Waals surface area contributed by atoms with Crippen LogP contribution in [0, 0.1) is 0 Å². The van der Waals surface area contributed by atoms with E-state index in [0.29, 0.717) is 29.4 Å². The van der Waals surface area contributed by atoms with Gasteiger partial charge < -0.3 is 25.8 Å². The lowest BCUT2D eigenvalue weighted by Crippen LogP contribution is -2.18. The number of anilines is 3. The van der Waals surface area contributed by atoms with Crippen molar-refractivity contribution >= 4 is 55.6 Å². The Labute approximate surface area is 204 Å². The highest BCUT2D eigenvalue weighted by Crippen LogP contribution is 2.30. The molecule has 3 aromatic heterocycles. The molecular formula is C25H22N6O3S. The number of hydrogen-bond acceptors (Lipinski definition) is 9. The minimum Gasteiger partial charge on any atom is -0.493 e. The first-order chi connectivity index (χ1) is 17.1. The summed E-state index contributed by atoms with van der Waals surface area (Å²) in [5.74, 6) is 1.46. The van der Waals surface area contributed by atoms with Crippen molar-refractivity contribution in [2.75, 3.05) is 30.6 Å². The predicted octanol–water partition coefficient (Wildman–Crippen LogP) is 4.70. The van der Waals surface area contributed by atoms with Crippen molar-refractivity contribution in [3.05, 3.63) is 71.5 Å². The number of thiophene rings is 1. The molecule has 2 aromatic carbocycles. The number of amides is 1. The van der Waals surface area contributed by atoms with Gasteiger partial charge in [-0.05, 0) is 35.0 Å². The van der Waals surface area contributed by atoms with Crippen molar-refractivity contribution in [3.8, 4) is 11.5 Å². The number of aromatic nitrogens is 3. The molecule has 10 heteroatoms. The third-order valence-electron chi connectivity index (χ3n) is 5.44. The maximum Gasteiger partial charge on any atom is 0.294 e. The van der Waals surface area contributed by atoms with Crippen molar-refractivity contribution in [2.45, 2.75) is 6.54 Å². The van der Waals surface area contributed by atoms with E-state index in [1.165, 1.54) is 11.3 Å². The van der Waals surface area contributed by atoms with Crippen LogP contribution in [0.15, 0.2) is 60.0 Å². The van der Waals surface area contributed by atoms with E-state index < -0.39 is 5.91 Å². The van der Waals surface area contributed by atoms with Crippen LogP contribution in [0.25, 0.3) is 21.0 Å². The van der Waals surface area contributed by atoms with Crippen molar-refractivity contribution in [1.82, 2.24) is 15.0 Å². The summed E-state index contributed by atoms with van der Waals surface area (Å²) in [5, 5.41) is 9.95. The molecule has 0 aliphatic carbocycles. The minimum atomic E-state index is -0.480. The van der Waals surface area contributed by atoms with E-state index in [1.54, 1.807) is 20.3 Å². The Morgan fingerprint density at radius 3 is 2.66 bits per heavy atom. The number of nitrogen functional groups attached to an aromatic ring is 1. The van der Waals surface area contributed by atoms with Gasteiger partial charge in [-0.1, -0.05) is 24.3 Å². The lowest BCUT2D eigenvalue weighted by molar-refractivity contribution is 0.101. The first-order valence-corrected chi connectivity index (χ1v) is 11.6. The molecule has 0 bridgehead atoms. The fourth-order valence-electron chi connectivity index (χ4n) is 3.76.